The molecule has 0 fully saturated rings. The van der Waals surface area contributed by atoms with Crippen LogP contribution in [-0.2, 0) is 13.1 Å². The van der Waals surface area contributed by atoms with Gasteiger partial charge in [0, 0.05) is 65.8 Å². The maximum Gasteiger partial charge on any atom is 0.291 e. The summed E-state index contributed by atoms with van der Waals surface area (Å²) in [5.74, 6) is -1.01. The number of Topliss-reactive ketones (excluding diaryl/α,β-unsaturated/α-hetero) is 2. The van der Waals surface area contributed by atoms with Crippen LogP contribution in [0, 0.1) is 5.82 Å². The number of pyridine rings is 2. The highest BCUT2D eigenvalue weighted by atomic mass is 19.1. The van der Waals surface area contributed by atoms with E-state index in [1.807, 2.05) is 55.5 Å². The Hall–Kier alpha value is -7.15. The zero-order chi connectivity index (χ0) is 39.1. The number of hydrogen-bond acceptors (Lipinski definition) is 10. The van der Waals surface area contributed by atoms with Crippen molar-refractivity contribution in [2.75, 3.05) is 10.6 Å². The van der Waals surface area contributed by atoms with Crippen LogP contribution in [0.2, 0.25) is 0 Å². The first kappa shape index (κ1) is 37.6. The average molecular weight is 737 g/mol. The van der Waals surface area contributed by atoms with Crippen molar-refractivity contribution in [3.05, 3.63) is 153 Å². The molecule has 3 aromatic carbocycles. The number of benzene rings is 3. The lowest BCUT2D eigenvalue weighted by Crippen LogP contribution is -2.28. The number of nitrogens with zero attached hydrogens (tertiary/aromatic N) is 6. The zero-order valence-electron chi connectivity index (χ0n) is 30.6. The Balaban J connectivity index is 0.000000188. The summed E-state index contributed by atoms with van der Waals surface area (Å²) < 4.78 is 16.1. The SMILES string of the molecule is CCn1nc(-c2cccnc2)c(C(C)=O)c(Nc2cccc(F)c2)c1=O.CCn1nc(-c2cccnc2)c(C(C)=O)c(Nc2cccc3ccccc23)c1=O. The molecule has 0 saturated heterocycles. The molecule has 276 valence electrons. The Kier molecular flexibility index (Phi) is 11.4. The maximum atomic E-state index is 13.5. The molecule has 0 atom stereocenters. The summed E-state index contributed by atoms with van der Waals surface area (Å²) in [4.78, 5) is 59.0. The highest BCUT2D eigenvalue weighted by Crippen LogP contribution is 2.31. The van der Waals surface area contributed by atoms with Crippen molar-refractivity contribution < 1.29 is 14.0 Å². The lowest BCUT2D eigenvalue weighted by Gasteiger charge is -2.17. The third kappa shape index (κ3) is 8.10. The fourth-order valence-corrected chi connectivity index (χ4v) is 6.08. The van der Waals surface area contributed by atoms with Crippen LogP contribution in [0.5, 0.6) is 0 Å². The van der Waals surface area contributed by atoms with Crippen molar-refractivity contribution in [1.82, 2.24) is 29.5 Å². The Morgan fingerprint density at radius 2 is 1.18 bits per heavy atom. The summed E-state index contributed by atoms with van der Waals surface area (Å²) in [6.45, 7) is 7.14. The van der Waals surface area contributed by atoms with E-state index in [1.165, 1.54) is 41.4 Å². The number of anilines is 4. The molecular weight excluding hydrogens is 700 g/mol. The predicted molar refractivity (Wildman–Crippen MR) is 212 cm³/mol. The Morgan fingerprint density at radius 1 is 0.655 bits per heavy atom. The van der Waals surface area contributed by atoms with Gasteiger partial charge in [-0.3, -0.25) is 29.1 Å². The van der Waals surface area contributed by atoms with Gasteiger partial charge >= 0.3 is 0 Å². The van der Waals surface area contributed by atoms with E-state index in [9.17, 15) is 23.6 Å². The van der Waals surface area contributed by atoms with Crippen LogP contribution in [-0.4, -0.2) is 41.1 Å². The van der Waals surface area contributed by atoms with Crippen LogP contribution in [0.25, 0.3) is 33.3 Å². The van der Waals surface area contributed by atoms with E-state index in [4.69, 9.17) is 0 Å². The summed E-state index contributed by atoms with van der Waals surface area (Å²) in [6, 6.07) is 26.5. The van der Waals surface area contributed by atoms with Gasteiger partial charge in [-0.1, -0.05) is 42.5 Å². The molecule has 0 aliphatic carbocycles. The van der Waals surface area contributed by atoms with Crippen LogP contribution in [0.3, 0.4) is 0 Å². The van der Waals surface area contributed by atoms with Gasteiger partial charge < -0.3 is 10.6 Å². The molecule has 7 aromatic rings. The molecule has 0 amide bonds. The number of fused-ring (bicyclic) bond motifs is 1. The van der Waals surface area contributed by atoms with Crippen LogP contribution in [0.15, 0.2) is 125 Å². The van der Waals surface area contributed by atoms with Crippen molar-refractivity contribution in [3.63, 3.8) is 0 Å². The number of carbonyl (C=O) groups is 2. The van der Waals surface area contributed by atoms with Gasteiger partial charge in [0.15, 0.2) is 11.6 Å². The topological polar surface area (TPSA) is 154 Å². The largest absolute Gasteiger partial charge is 0.350 e. The first-order valence-corrected chi connectivity index (χ1v) is 17.5. The van der Waals surface area contributed by atoms with Gasteiger partial charge in [-0.25, -0.2) is 13.8 Å². The van der Waals surface area contributed by atoms with Crippen LogP contribution < -0.4 is 21.8 Å². The van der Waals surface area contributed by atoms with Gasteiger partial charge in [-0.05, 0) is 81.6 Å². The van der Waals surface area contributed by atoms with Crippen LogP contribution in [0.1, 0.15) is 48.4 Å². The minimum absolute atomic E-state index is 0.0683. The highest BCUT2D eigenvalue weighted by Gasteiger charge is 2.24. The number of halogens is 1. The number of carbonyl (C=O) groups excluding carboxylic acids is 2. The average Bonchev–Trinajstić information content (AvgIpc) is 3.20. The van der Waals surface area contributed by atoms with Gasteiger partial charge in [0.2, 0.25) is 0 Å². The van der Waals surface area contributed by atoms with E-state index in [0.29, 0.717) is 41.3 Å². The molecule has 0 saturated carbocycles. The Labute approximate surface area is 315 Å². The van der Waals surface area contributed by atoms with E-state index < -0.39 is 11.4 Å². The van der Waals surface area contributed by atoms with Crippen molar-refractivity contribution in [1.29, 1.82) is 0 Å². The Morgan fingerprint density at radius 3 is 1.69 bits per heavy atom. The summed E-state index contributed by atoms with van der Waals surface area (Å²) in [5, 5.41) is 16.9. The molecule has 2 N–H and O–H groups in total. The molecule has 0 spiro atoms. The van der Waals surface area contributed by atoms with Crippen LogP contribution >= 0.6 is 0 Å². The van der Waals surface area contributed by atoms with E-state index in [0.717, 1.165) is 16.5 Å². The third-order valence-corrected chi connectivity index (χ3v) is 8.63. The molecule has 0 aliphatic rings. The predicted octanol–water partition coefficient (Wildman–Crippen LogP) is 7.84. The highest BCUT2D eigenvalue weighted by molar-refractivity contribution is 6.07. The monoisotopic (exact) mass is 736 g/mol. The number of aromatic nitrogens is 6. The molecule has 7 rings (SSSR count). The number of nitrogens with one attached hydrogen (secondary N) is 2. The van der Waals surface area contributed by atoms with Crippen molar-refractivity contribution in [2.45, 2.75) is 40.8 Å². The molecule has 0 radical (unpaired) electrons. The summed E-state index contributed by atoms with van der Waals surface area (Å²) in [7, 11) is 0. The van der Waals surface area contributed by atoms with Gasteiger partial charge in [-0.15, -0.1) is 0 Å². The minimum atomic E-state index is -0.449. The van der Waals surface area contributed by atoms with E-state index in [2.05, 4.69) is 30.8 Å². The van der Waals surface area contributed by atoms with Crippen molar-refractivity contribution in [3.8, 4) is 22.5 Å². The standard InChI is InChI=1S/C23H20N4O2.C19H17FN4O2/c1-3-27-23(29)22(25-19-12-6-9-16-8-4-5-11-18(16)19)20(15(2)28)21(26-27)17-10-7-13-24-14-17;1-3-24-19(26)18(22-15-8-4-7-14(20)10-15)16(12(2)25)17(23-24)13-6-5-9-21-11-13/h4-14,25H,3H2,1-2H3;4-11,22H,3H2,1-2H3. The Bertz CT molecular complexity index is 2640. The fraction of sp³-hybridized carbons (Fsp3) is 0.143. The molecule has 0 aliphatic heterocycles. The molecule has 13 heteroatoms. The molecular formula is C42H37FN8O4. The number of ketones is 2. The molecule has 12 nitrogen and oxygen atoms in total. The summed E-state index contributed by atoms with van der Waals surface area (Å²) in [6.07, 6.45) is 6.48. The van der Waals surface area contributed by atoms with Crippen LogP contribution in [0.4, 0.5) is 27.1 Å². The van der Waals surface area contributed by atoms with E-state index >= 15 is 0 Å². The van der Waals surface area contributed by atoms with Gasteiger partial charge in [0.25, 0.3) is 11.1 Å². The van der Waals surface area contributed by atoms with Gasteiger partial charge in [-0.2, -0.15) is 10.2 Å². The number of rotatable bonds is 10. The fourth-order valence-electron chi connectivity index (χ4n) is 6.08. The lowest BCUT2D eigenvalue weighted by molar-refractivity contribution is 0.101. The molecule has 0 bridgehead atoms. The molecule has 4 heterocycles. The minimum Gasteiger partial charge on any atom is -0.350 e. The number of aryl methyl sites for hydroxylation is 2. The maximum absolute atomic E-state index is 13.5. The van der Waals surface area contributed by atoms with Crippen molar-refractivity contribution in [2.24, 2.45) is 0 Å². The second-order valence-electron chi connectivity index (χ2n) is 12.3. The zero-order valence-corrected chi connectivity index (χ0v) is 30.6. The quantitative estimate of drug-likeness (QED) is 0.133. The summed E-state index contributed by atoms with van der Waals surface area (Å²) in [5.41, 5.74) is 3.14. The van der Waals surface area contributed by atoms with Crippen molar-refractivity contribution >= 4 is 45.1 Å². The first-order chi connectivity index (χ1) is 26.6. The second kappa shape index (κ2) is 16.7. The summed E-state index contributed by atoms with van der Waals surface area (Å²) >= 11 is 0. The molecule has 55 heavy (non-hydrogen) atoms. The second-order valence-corrected chi connectivity index (χ2v) is 12.3. The van der Waals surface area contributed by atoms with Gasteiger partial charge in [0.1, 0.15) is 28.6 Å². The lowest BCUT2D eigenvalue weighted by atomic mass is 10.0. The molecule has 0 unspecified atom stereocenters. The third-order valence-electron chi connectivity index (χ3n) is 8.63. The number of hydrogen-bond donors (Lipinski definition) is 2. The van der Waals surface area contributed by atoms with E-state index in [1.54, 1.807) is 56.0 Å². The first-order valence-electron chi connectivity index (χ1n) is 17.5. The molecule has 4 aromatic heterocycles. The smallest absolute Gasteiger partial charge is 0.291 e. The normalized spacial score (nSPS) is 10.7. The van der Waals surface area contributed by atoms with E-state index in [-0.39, 0.29) is 39.6 Å². The van der Waals surface area contributed by atoms with Gasteiger partial charge in [0.05, 0.1) is 11.1 Å².